The van der Waals surface area contributed by atoms with Crippen molar-refractivity contribution in [2.45, 2.75) is 5.25 Å². The number of primary amides is 1. The zero-order valence-electron chi connectivity index (χ0n) is 9.38. The molecule has 0 aliphatic carbocycles. The Kier molecular flexibility index (Phi) is 2.67. The van der Waals surface area contributed by atoms with E-state index in [0.29, 0.717) is 11.4 Å². The third-order valence-corrected chi connectivity index (χ3v) is 3.99. The quantitative estimate of drug-likeness (QED) is 0.738. The van der Waals surface area contributed by atoms with Crippen LogP contribution in [0.5, 0.6) is 0 Å². The second kappa shape index (κ2) is 4.34. The first kappa shape index (κ1) is 11.1. The number of nitrogens with one attached hydrogen (secondary N) is 2. The van der Waals surface area contributed by atoms with Crippen LogP contribution in [0.1, 0.15) is 10.9 Å². The van der Waals surface area contributed by atoms with Gasteiger partial charge in [-0.25, -0.2) is 9.97 Å². The smallest absolute Gasteiger partial charge is 0.256 e. The number of aromatic nitrogens is 3. The van der Waals surface area contributed by atoms with Gasteiger partial charge in [0.05, 0.1) is 15.8 Å². The summed E-state index contributed by atoms with van der Waals surface area (Å²) >= 11 is 1.43. The molecule has 7 heteroatoms. The predicted molar refractivity (Wildman–Crippen MR) is 69.5 cm³/mol. The number of hydrogen-bond donors (Lipinski definition) is 3. The van der Waals surface area contributed by atoms with Gasteiger partial charge in [0, 0.05) is 24.3 Å². The summed E-state index contributed by atoms with van der Waals surface area (Å²) in [6, 6.07) is 1.94. The minimum Gasteiger partial charge on any atom is -0.388 e. The molecule has 2 aromatic rings. The summed E-state index contributed by atoms with van der Waals surface area (Å²) in [5.41, 5.74) is 7.00. The van der Waals surface area contributed by atoms with Crippen LogP contribution in [0.3, 0.4) is 0 Å². The van der Waals surface area contributed by atoms with Crippen LogP contribution in [0.4, 0.5) is 0 Å². The van der Waals surface area contributed by atoms with Crippen molar-refractivity contribution in [3.8, 4) is 0 Å². The summed E-state index contributed by atoms with van der Waals surface area (Å²) in [5.74, 6) is -0.420. The van der Waals surface area contributed by atoms with Crippen LogP contribution in [0.2, 0.25) is 0 Å². The maximum Gasteiger partial charge on any atom is 0.256 e. The van der Waals surface area contributed by atoms with Gasteiger partial charge in [-0.05, 0) is 6.07 Å². The van der Waals surface area contributed by atoms with E-state index in [9.17, 15) is 4.79 Å². The first-order valence-electron chi connectivity index (χ1n) is 5.43. The minimum absolute atomic E-state index is 0.0544. The van der Waals surface area contributed by atoms with Crippen LogP contribution in [-0.2, 0) is 4.79 Å². The SMILES string of the molecule is NC(=O)C1=CNCC(c2ncnc3[nH]ccc23)S1. The first-order chi connectivity index (χ1) is 8.75. The summed E-state index contributed by atoms with van der Waals surface area (Å²) < 4.78 is 0. The van der Waals surface area contributed by atoms with Gasteiger partial charge in [0.1, 0.15) is 12.0 Å². The third kappa shape index (κ3) is 1.82. The molecule has 0 spiro atoms. The maximum absolute atomic E-state index is 11.2. The first-order valence-corrected chi connectivity index (χ1v) is 6.31. The van der Waals surface area contributed by atoms with Crippen LogP contribution >= 0.6 is 11.8 Å². The molecule has 0 fully saturated rings. The highest BCUT2D eigenvalue weighted by Gasteiger charge is 2.23. The van der Waals surface area contributed by atoms with Crippen LogP contribution in [0, 0.1) is 0 Å². The molecule has 1 aliphatic rings. The van der Waals surface area contributed by atoms with Crippen molar-refractivity contribution in [1.29, 1.82) is 0 Å². The van der Waals surface area contributed by atoms with Crippen LogP contribution in [0.15, 0.2) is 29.7 Å². The summed E-state index contributed by atoms with van der Waals surface area (Å²) in [7, 11) is 0. The van der Waals surface area contributed by atoms with Gasteiger partial charge in [-0.2, -0.15) is 0 Å². The molecule has 0 bridgehead atoms. The highest BCUT2D eigenvalue weighted by Crippen LogP contribution is 2.37. The molecule has 1 atom stereocenters. The second-order valence-electron chi connectivity index (χ2n) is 3.89. The van der Waals surface area contributed by atoms with E-state index in [1.807, 2.05) is 12.3 Å². The molecule has 1 aliphatic heterocycles. The molecule has 3 rings (SSSR count). The van der Waals surface area contributed by atoms with Gasteiger partial charge < -0.3 is 16.0 Å². The normalized spacial score (nSPS) is 19.3. The number of H-pyrrole nitrogens is 1. The predicted octanol–water partition coefficient (Wildman–Crippen LogP) is 0.662. The summed E-state index contributed by atoms with van der Waals surface area (Å²) in [5, 5.41) is 4.10. The fourth-order valence-electron chi connectivity index (χ4n) is 1.92. The highest BCUT2D eigenvalue weighted by molar-refractivity contribution is 8.04. The van der Waals surface area contributed by atoms with Crippen LogP contribution in [0.25, 0.3) is 11.0 Å². The molecule has 18 heavy (non-hydrogen) atoms. The molecular formula is C11H11N5OS. The Bertz CT molecular complexity index is 635. The lowest BCUT2D eigenvalue weighted by atomic mass is 10.2. The lowest BCUT2D eigenvalue weighted by Gasteiger charge is -2.21. The number of nitrogens with zero attached hydrogens (tertiary/aromatic N) is 2. The number of thioether (sulfide) groups is 1. The number of fused-ring (bicyclic) bond motifs is 1. The average Bonchev–Trinajstić information content (AvgIpc) is 2.87. The van der Waals surface area contributed by atoms with Gasteiger partial charge in [-0.1, -0.05) is 0 Å². The molecule has 1 amide bonds. The molecule has 6 nitrogen and oxygen atoms in total. The fraction of sp³-hybridized carbons (Fsp3) is 0.182. The van der Waals surface area contributed by atoms with Gasteiger partial charge in [0.2, 0.25) is 0 Å². The third-order valence-electron chi connectivity index (χ3n) is 2.74. The van der Waals surface area contributed by atoms with Crippen molar-refractivity contribution in [3.63, 3.8) is 0 Å². The Balaban J connectivity index is 1.98. The van der Waals surface area contributed by atoms with Crippen molar-refractivity contribution < 1.29 is 4.79 Å². The molecule has 92 valence electrons. The Hall–Kier alpha value is -2.02. The highest BCUT2D eigenvalue weighted by atomic mass is 32.2. The average molecular weight is 261 g/mol. The fourth-order valence-corrected chi connectivity index (χ4v) is 2.97. The van der Waals surface area contributed by atoms with Crippen molar-refractivity contribution in [1.82, 2.24) is 20.3 Å². The number of rotatable bonds is 2. The van der Waals surface area contributed by atoms with E-state index in [4.69, 9.17) is 5.73 Å². The van der Waals surface area contributed by atoms with Crippen LogP contribution in [-0.4, -0.2) is 27.4 Å². The van der Waals surface area contributed by atoms with Crippen molar-refractivity contribution in [2.24, 2.45) is 5.73 Å². The van der Waals surface area contributed by atoms with E-state index in [1.165, 1.54) is 18.1 Å². The summed E-state index contributed by atoms with van der Waals surface area (Å²) in [4.78, 5) is 23.2. The maximum atomic E-state index is 11.2. The summed E-state index contributed by atoms with van der Waals surface area (Å²) in [6.07, 6.45) is 5.00. The van der Waals surface area contributed by atoms with E-state index in [2.05, 4.69) is 20.3 Å². The number of carbonyl (C=O) groups is 1. The van der Waals surface area contributed by atoms with Crippen molar-refractivity contribution in [2.75, 3.05) is 6.54 Å². The van der Waals surface area contributed by atoms with Crippen molar-refractivity contribution in [3.05, 3.63) is 35.4 Å². The number of hydrogen-bond acceptors (Lipinski definition) is 5. The standard InChI is InChI=1S/C11H11N5OS/c12-10(17)8-4-13-3-7(18-8)9-6-1-2-14-11(6)16-5-15-9/h1-2,4-5,7,13H,3H2,(H2,12,17)(H,14,15,16). The number of amides is 1. The van der Waals surface area contributed by atoms with Gasteiger partial charge in [-0.3, -0.25) is 4.79 Å². The zero-order valence-corrected chi connectivity index (χ0v) is 10.2. The van der Waals surface area contributed by atoms with Gasteiger partial charge >= 0.3 is 0 Å². The largest absolute Gasteiger partial charge is 0.388 e. The molecule has 3 heterocycles. The zero-order chi connectivity index (χ0) is 12.5. The van der Waals surface area contributed by atoms with Gasteiger partial charge in [-0.15, -0.1) is 11.8 Å². The van der Waals surface area contributed by atoms with Gasteiger partial charge in [0.25, 0.3) is 5.91 Å². The van der Waals surface area contributed by atoms with E-state index in [1.54, 1.807) is 6.20 Å². The Morgan fingerprint density at radius 1 is 1.50 bits per heavy atom. The molecule has 1 unspecified atom stereocenters. The molecule has 0 saturated heterocycles. The van der Waals surface area contributed by atoms with E-state index < -0.39 is 5.91 Å². The molecule has 4 N–H and O–H groups in total. The summed E-state index contributed by atoms with van der Waals surface area (Å²) in [6.45, 7) is 0.707. The number of aromatic amines is 1. The lowest BCUT2D eigenvalue weighted by Crippen LogP contribution is -2.25. The minimum atomic E-state index is -0.420. The number of carbonyl (C=O) groups excluding carboxylic acids is 1. The Labute approximate surface area is 107 Å². The number of nitrogens with two attached hydrogens (primary N) is 1. The van der Waals surface area contributed by atoms with E-state index >= 15 is 0 Å². The molecule has 0 radical (unpaired) electrons. The monoisotopic (exact) mass is 261 g/mol. The Morgan fingerprint density at radius 3 is 3.22 bits per heavy atom. The topological polar surface area (TPSA) is 96.7 Å². The second-order valence-corrected chi connectivity index (χ2v) is 5.13. The van der Waals surface area contributed by atoms with Crippen molar-refractivity contribution >= 4 is 28.7 Å². The molecular weight excluding hydrogens is 250 g/mol. The van der Waals surface area contributed by atoms with E-state index in [-0.39, 0.29) is 5.25 Å². The van der Waals surface area contributed by atoms with Gasteiger partial charge in [0.15, 0.2) is 0 Å². The van der Waals surface area contributed by atoms with E-state index in [0.717, 1.165) is 16.7 Å². The molecule has 0 saturated carbocycles. The molecule has 2 aromatic heterocycles. The Morgan fingerprint density at radius 2 is 2.39 bits per heavy atom. The molecule has 0 aromatic carbocycles. The van der Waals surface area contributed by atoms with Crippen LogP contribution < -0.4 is 11.1 Å². The lowest BCUT2D eigenvalue weighted by molar-refractivity contribution is -0.113.